The number of nitrogens with one attached hydrogen (secondary N) is 1. The number of halogens is 2. The molecule has 0 bridgehead atoms. The third-order valence-corrected chi connectivity index (χ3v) is 12.5. The monoisotopic (exact) mass is 770 g/mol. The molecule has 0 spiro atoms. The van der Waals surface area contributed by atoms with Crippen LogP contribution in [0.2, 0.25) is 10.3 Å². The zero-order chi connectivity index (χ0) is 37.2. The van der Waals surface area contributed by atoms with Crippen LogP contribution in [0.25, 0.3) is 22.3 Å². The van der Waals surface area contributed by atoms with E-state index in [9.17, 15) is 19.2 Å². The fourth-order valence-electron chi connectivity index (χ4n) is 8.80. The van der Waals surface area contributed by atoms with Gasteiger partial charge in [0.15, 0.2) is 12.7 Å². The molecule has 1 aliphatic carbocycles. The van der Waals surface area contributed by atoms with E-state index in [0.717, 1.165) is 44.9 Å². The van der Waals surface area contributed by atoms with Crippen molar-refractivity contribution < 1.29 is 19.1 Å². The highest BCUT2D eigenvalue weighted by Crippen LogP contribution is 2.51. The van der Waals surface area contributed by atoms with Crippen LogP contribution in [0.15, 0.2) is 46.0 Å². The first-order valence-electron chi connectivity index (χ1n) is 18.8. The Kier molecular flexibility index (Phi) is 8.89. The van der Waals surface area contributed by atoms with Crippen LogP contribution < -0.4 is 30.8 Å². The Morgan fingerprint density at radius 3 is 2.20 bits per heavy atom. The normalized spacial score (nSPS) is 22.9. The quantitative estimate of drug-likeness (QED) is 0.240. The topological polar surface area (TPSA) is 122 Å². The molecule has 280 valence electrons. The maximum atomic E-state index is 14.1. The van der Waals surface area contributed by atoms with Crippen LogP contribution in [0.4, 0.5) is 11.4 Å². The SMILES string of the molecule is CC#CCN1C(=O)C([C@H]2CC2CC2CCn3c(Cl)c(-c4ccc5c(c4)NC(=O)CO5)c(=O)n3CC2)Oc2ccc(-c3c(Cl)n4n(c3=O)CCCCC4)cc21. The minimum atomic E-state index is -0.627. The summed E-state index contributed by atoms with van der Waals surface area (Å²) >= 11 is 13.7. The van der Waals surface area contributed by atoms with Gasteiger partial charge < -0.3 is 14.8 Å². The molecule has 2 aromatic heterocycles. The third-order valence-electron chi connectivity index (χ3n) is 11.7. The first-order valence-corrected chi connectivity index (χ1v) is 19.5. The van der Waals surface area contributed by atoms with E-state index in [-0.39, 0.29) is 42.0 Å². The van der Waals surface area contributed by atoms with Gasteiger partial charge in [-0.25, -0.2) is 9.36 Å². The molecule has 6 heterocycles. The van der Waals surface area contributed by atoms with Crippen LogP contribution >= 0.6 is 23.2 Å². The lowest BCUT2D eigenvalue weighted by Crippen LogP contribution is -2.47. The number of hydrogen-bond donors (Lipinski definition) is 1. The number of amides is 2. The minimum Gasteiger partial charge on any atom is -0.482 e. The summed E-state index contributed by atoms with van der Waals surface area (Å²) in [6.07, 6.45) is 5.79. The predicted molar refractivity (Wildman–Crippen MR) is 205 cm³/mol. The van der Waals surface area contributed by atoms with Crippen molar-refractivity contribution in [3.8, 4) is 45.6 Å². The average Bonchev–Trinajstić information content (AvgIpc) is 3.92. The molecular formula is C40H40Cl2N6O6. The lowest BCUT2D eigenvalue weighted by Gasteiger charge is -2.34. The van der Waals surface area contributed by atoms with Crippen molar-refractivity contribution in [2.45, 2.75) is 84.2 Å². The van der Waals surface area contributed by atoms with E-state index in [0.29, 0.717) is 93.4 Å². The first kappa shape index (κ1) is 34.9. The summed E-state index contributed by atoms with van der Waals surface area (Å²) in [5.41, 5.74) is 2.97. The van der Waals surface area contributed by atoms with Crippen molar-refractivity contribution in [2.75, 3.05) is 23.4 Å². The lowest BCUT2D eigenvalue weighted by atomic mass is 9.93. The van der Waals surface area contributed by atoms with Crippen LogP contribution in [0.5, 0.6) is 11.5 Å². The molecule has 0 radical (unpaired) electrons. The number of hydrogen-bond acceptors (Lipinski definition) is 6. The molecule has 0 saturated heterocycles. The van der Waals surface area contributed by atoms with Gasteiger partial charge in [0.25, 0.3) is 22.9 Å². The molecule has 1 fully saturated rings. The van der Waals surface area contributed by atoms with Crippen molar-refractivity contribution in [2.24, 2.45) is 17.8 Å². The number of carbonyl (C=O) groups excluding carboxylic acids is 2. The summed E-state index contributed by atoms with van der Waals surface area (Å²) in [6, 6.07) is 10.8. The molecule has 1 N–H and O–H groups in total. The highest BCUT2D eigenvalue weighted by Gasteiger charge is 2.51. The Bertz CT molecular complexity index is 2400. The van der Waals surface area contributed by atoms with E-state index >= 15 is 0 Å². The summed E-state index contributed by atoms with van der Waals surface area (Å²) in [7, 11) is 0. The number of aromatic nitrogens is 4. The van der Waals surface area contributed by atoms with Crippen molar-refractivity contribution in [3.05, 3.63) is 67.4 Å². The summed E-state index contributed by atoms with van der Waals surface area (Å²) in [5, 5.41) is 3.60. The summed E-state index contributed by atoms with van der Waals surface area (Å²) in [6.45, 7) is 4.37. The van der Waals surface area contributed by atoms with E-state index < -0.39 is 6.10 Å². The van der Waals surface area contributed by atoms with E-state index in [1.807, 2.05) is 27.6 Å². The van der Waals surface area contributed by atoms with Crippen LogP contribution in [0.3, 0.4) is 0 Å². The van der Waals surface area contributed by atoms with Crippen LogP contribution in [-0.4, -0.2) is 49.8 Å². The van der Waals surface area contributed by atoms with Gasteiger partial charge in [-0.3, -0.25) is 33.4 Å². The van der Waals surface area contributed by atoms with Gasteiger partial charge in [0, 0.05) is 32.1 Å². The van der Waals surface area contributed by atoms with Gasteiger partial charge in [-0.2, -0.15) is 0 Å². The highest BCUT2D eigenvalue weighted by atomic mass is 35.5. The fourth-order valence-corrected chi connectivity index (χ4v) is 9.53. The van der Waals surface area contributed by atoms with Crippen molar-refractivity contribution in [3.63, 3.8) is 0 Å². The van der Waals surface area contributed by atoms with E-state index in [1.54, 1.807) is 39.4 Å². The fraction of sp³-hybridized carbons (Fsp3) is 0.450. The van der Waals surface area contributed by atoms with E-state index in [4.69, 9.17) is 32.7 Å². The molecule has 1 saturated carbocycles. The molecule has 54 heavy (non-hydrogen) atoms. The summed E-state index contributed by atoms with van der Waals surface area (Å²) in [5.74, 6) is 7.50. The number of fused-ring (bicyclic) bond motifs is 4. The molecule has 2 amide bonds. The molecule has 14 heteroatoms. The third kappa shape index (κ3) is 5.93. The Morgan fingerprint density at radius 1 is 0.815 bits per heavy atom. The Hall–Kier alpha value is -4.86. The molecule has 4 atom stereocenters. The number of nitrogens with zero attached hydrogens (tertiary/aromatic N) is 5. The van der Waals surface area contributed by atoms with Crippen LogP contribution in [0, 0.1) is 29.6 Å². The van der Waals surface area contributed by atoms with Gasteiger partial charge in [-0.15, -0.1) is 5.92 Å². The van der Waals surface area contributed by atoms with Crippen molar-refractivity contribution >= 4 is 46.4 Å². The maximum absolute atomic E-state index is 14.1. The molecule has 5 aliphatic rings. The standard InChI is InChI=1S/C40H40Cl2N6O6/c1-2-3-13-44-29-21-25(34-36(41)45-14-5-4-6-15-47(45)38(34)50)8-10-31(29)54-35(40(44)52)27-19-26(27)18-23-11-16-46-37(42)33(39(51)48(46)17-12-23)24-7-9-30-28(20-24)43-32(49)22-53-30/h7-10,20-21,23,26-27,35H,4-6,11-19,22H2,1H3,(H,43,49)/t23?,26?,27-,35?/m0/s1. The minimum absolute atomic E-state index is 0.0402. The van der Waals surface area contributed by atoms with Crippen LogP contribution in [-0.2, 0) is 35.8 Å². The molecule has 3 unspecified atom stereocenters. The number of rotatable bonds is 6. The molecule has 4 aromatic rings. The predicted octanol–water partition coefficient (Wildman–Crippen LogP) is 6.02. The second-order valence-electron chi connectivity index (χ2n) is 15.0. The second-order valence-corrected chi connectivity index (χ2v) is 15.7. The Morgan fingerprint density at radius 2 is 1.46 bits per heavy atom. The second kappa shape index (κ2) is 13.8. The smallest absolute Gasteiger partial charge is 0.276 e. The molecule has 12 nitrogen and oxygen atoms in total. The Balaban J connectivity index is 0.901. The molecular weight excluding hydrogens is 731 g/mol. The van der Waals surface area contributed by atoms with Crippen LogP contribution in [0.1, 0.15) is 51.9 Å². The highest BCUT2D eigenvalue weighted by molar-refractivity contribution is 6.32. The first-order chi connectivity index (χ1) is 26.2. The van der Waals surface area contributed by atoms with E-state index in [1.165, 1.54) is 0 Å². The lowest BCUT2D eigenvalue weighted by molar-refractivity contribution is -0.127. The maximum Gasteiger partial charge on any atom is 0.276 e. The largest absolute Gasteiger partial charge is 0.482 e. The van der Waals surface area contributed by atoms with Gasteiger partial charge >= 0.3 is 0 Å². The Labute approximate surface area is 321 Å². The zero-order valence-electron chi connectivity index (χ0n) is 29.9. The van der Waals surface area contributed by atoms with Gasteiger partial charge in [-0.05, 0) is 99.1 Å². The van der Waals surface area contributed by atoms with Gasteiger partial charge in [0.05, 0.1) is 29.0 Å². The summed E-state index contributed by atoms with van der Waals surface area (Å²) < 4.78 is 19.2. The molecule has 9 rings (SSSR count). The molecule has 4 aliphatic heterocycles. The van der Waals surface area contributed by atoms with E-state index in [2.05, 4.69) is 17.2 Å². The van der Waals surface area contributed by atoms with Gasteiger partial charge in [-0.1, -0.05) is 41.3 Å². The number of carbonyl (C=O) groups is 2. The van der Waals surface area contributed by atoms with Gasteiger partial charge in [0.1, 0.15) is 21.8 Å². The average molecular weight is 772 g/mol. The zero-order valence-corrected chi connectivity index (χ0v) is 31.4. The summed E-state index contributed by atoms with van der Waals surface area (Å²) in [4.78, 5) is 54.9. The van der Waals surface area contributed by atoms with Crippen molar-refractivity contribution in [1.82, 2.24) is 18.7 Å². The van der Waals surface area contributed by atoms with Gasteiger partial charge in [0.2, 0.25) is 0 Å². The number of benzene rings is 2. The van der Waals surface area contributed by atoms with Crippen molar-refractivity contribution in [1.29, 1.82) is 0 Å². The molecule has 2 aromatic carbocycles. The number of anilines is 2. The number of ether oxygens (including phenoxy) is 2.